The summed E-state index contributed by atoms with van der Waals surface area (Å²) in [5, 5.41) is 14.1. The van der Waals surface area contributed by atoms with Gasteiger partial charge in [0.15, 0.2) is 0 Å². The lowest BCUT2D eigenvalue weighted by Crippen LogP contribution is -2.29. The fourth-order valence-electron chi connectivity index (χ4n) is 1.02. The van der Waals surface area contributed by atoms with Crippen LogP contribution in [0, 0.1) is 11.3 Å². The first-order chi connectivity index (χ1) is 7.61. The molecule has 82 valence electrons. The molecule has 0 atom stereocenters. The lowest BCUT2D eigenvalue weighted by Gasteiger charge is -2.06. The molecule has 0 aliphatic rings. The second kappa shape index (κ2) is 5.79. The van der Waals surface area contributed by atoms with Crippen LogP contribution < -0.4 is 10.6 Å². The molecule has 0 fully saturated rings. The van der Waals surface area contributed by atoms with Gasteiger partial charge >= 0.3 is 6.03 Å². The Hall–Kier alpha value is -1.99. The Morgan fingerprint density at radius 3 is 2.94 bits per heavy atom. The maximum atomic E-state index is 11.3. The van der Waals surface area contributed by atoms with Crippen molar-refractivity contribution in [1.82, 2.24) is 5.32 Å². The highest BCUT2D eigenvalue weighted by molar-refractivity contribution is 6.29. The molecule has 0 heterocycles. The highest BCUT2D eigenvalue weighted by Crippen LogP contribution is 2.09. The quantitative estimate of drug-likeness (QED) is 0.845. The van der Waals surface area contributed by atoms with Crippen molar-refractivity contribution in [2.45, 2.75) is 0 Å². The molecule has 0 aromatic heterocycles. The Labute approximate surface area is 98.5 Å². The number of hydrogen-bond donors (Lipinski definition) is 2. The Kier molecular flexibility index (Phi) is 4.37. The normalized spacial score (nSPS) is 9.00. The van der Waals surface area contributed by atoms with Gasteiger partial charge in [0.1, 0.15) is 0 Å². The molecule has 0 spiro atoms. The van der Waals surface area contributed by atoms with Crippen molar-refractivity contribution in [3.63, 3.8) is 0 Å². The van der Waals surface area contributed by atoms with Crippen LogP contribution in [0.3, 0.4) is 0 Å². The van der Waals surface area contributed by atoms with Crippen LogP contribution in [-0.2, 0) is 0 Å². The molecule has 16 heavy (non-hydrogen) atoms. The van der Waals surface area contributed by atoms with Crippen molar-refractivity contribution in [2.75, 3.05) is 11.9 Å². The zero-order valence-electron chi connectivity index (χ0n) is 8.46. The molecule has 1 aromatic carbocycles. The van der Waals surface area contributed by atoms with Gasteiger partial charge in [0.2, 0.25) is 0 Å². The van der Waals surface area contributed by atoms with Gasteiger partial charge in [0.05, 0.1) is 18.2 Å². The average Bonchev–Trinajstić information content (AvgIpc) is 2.26. The van der Waals surface area contributed by atoms with E-state index < -0.39 is 6.03 Å². The largest absolute Gasteiger partial charge is 0.333 e. The molecule has 0 aliphatic carbocycles. The summed E-state index contributed by atoms with van der Waals surface area (Å²) in [7, 11) is 0. The van der Waals surface area contributed by atoms with Crippen LogP contribution in [0.15, 0.2) is 35.9 Å². The summed E-state index contributed by atoms with van der Waals surface area (Å²) < 4.78 is 0. The number of nitriles is 1. The van der Waals surface area contributed by atoms with Gasteiger partial charge in [-0.3, -0.25) is 0 Å². The second-order valence-electron chi connectivity index (χ2n) is 3.02. The topological polar surface area (TPSA) is 64.9 Å². The smallest absolute Gasteiger partial charge is 0.319 e. The number of benzene rings is 1. The SMILES string of the molecule is C=C(Cl)CNC(=O)Nc1cccc(C#N)c1. The molecular formula is C11H10ClN3O. The molecule has 0 radical (unpaired) electrons. The summed E-state index contributed by atoms with van der Waals surface area (Å²) in [5.74, 6) is 0. The summed E-state index contributed by atoms with van der Waals surface area (Å²) in [6.45, 7) is 3.64. The van der Waals surface area contributed by atoms with Crippen molar-refractivity contribution in [1.29, 1.82) is 5.26 Å². The number of amides is 2. The Morgan fingerprint density at radius 1 is 1.56 bits per heavy atom. The predicted molar refractivity (Wildman–Crippen MR) is 63.2 cm³/mol. The molecule has 0 saturated carbocycles. The first-order valence-corrected chi connectivity index (χ1v) is 4.88. The highest BCUT2D eigenvalue weighted by atomic mass is 35.5. The number of halogens is 1. The van der Waals surface area contributed by atoms with Gasteiger partial charge in [0.25, 0.3) is 0 Å². The number of carbonyl (C=O) groups is 1. The molecule has 0 aliphatic heterocycles. The van der Waals surface area contributed by atoms with Crippen molar-refractivity contribution in [2.24, 2.45) is 0 Å². The molecule has 0 bridgehead atoms. The Bertz CT molecular complexity index is 451. The van der Waals surface area contributed by atoms with Crippen LogP contribution in [0.4, 0.5) is 10.5 Å². The number of carbonyl (C=O) groups excluding carboxylic acids is 1. The first-order valence-electron chi connectivity index (χ1n) is 4.50. The monoisotopic (exact) mass is 235 g/mol. The van der Waals surface area contributed by atoms with Crippen LogP contribution in [0.25, 0.3) is 0 Å². The molecule has 1 rings (SSSR count). The van der Waals surface area contributed by atoms with Crippen molar-refractivity contribution < 1.29 is 4.79 Å². The Morgan fingerprint density at radius 2 is 2.31 bits per heavy atom. The van der Waals surface area contributed by atoms with Crippen LogP contribution >= 0.6 is 11.6 Å². The average molecular weight is 236 g/mol. The molecule has 0 unspecified atom stereocenters. The van der Waals surface area contributed by atoms with Crippen molar-refractivity contribution in [3.8, 4) is 6.07 Å². The van der Waals surface area contributed by atoms with E-state index in [1.807, 2.05) is 6.07 Å². The third kappa shape index (κ3) is 4.03. The molecule has 5 heteroatoms. The van der Waals surface area contributed by atoms with Crippen LogP contribution in [-0.4, -0.2) is 12.6 Å². The van der Waals surface area contributed by atoms with Crippen molar-refractivity contribution >= 4 is 23.3 Å². The molecule has 2 N–H and O–H groups in total. The third-order valence-corrected chi connectivity index (χ3v) is 1.82. The summed E-state index contributed by atoms with van der Waals surface area (Å²) in [4.78, 5) is 11.3. The summed E-state index contributed by atoms with van der Waals surface area (Å²) in [5.41, 5.74) is 1.04. The summed E-state index contributed by atoms with van der Waals surface area (Å²) >= 11 is 5.49. The minimum Gasteiger partial charge on any atom is -0.333 e. The van der Waals surface area contributed by atoms with E-state index in [0.29, 0.717) is 16.3 Å². The number of anilines is 1. The van der Waals surface area contributed by atoms with E-state index in [1.165, 1.54) is 0 Å². The Balaban J connectivity index is 2.56. The van der Waals surface area contributed by atoms with E-state index in [-0.39, 0.29) is 6.54 Å². The lowest BCUT2D eigenvalue weighted by molar-refractivity contribution is 0.253. The van der Waals surface area contributed by atoms with Gasteiger partial charge in [-0.1, -0.05) is 24.2 Å². The number of nitrogens with one attached hydrogen (secondary N) is 2. The zero-order valence-corrected chi connectivity index (χ0v) is 9.21. The van der Waals surface area contributed by atoms with Crippen LogP contribution in [0.5, 0.6) is 0 Å². The maximum Gasteiger partial charge on any atom is 0.319 e. The van der Waals surface area contributed by atoms with Crippen LogP contribution in [0.2, 0.25) is 0 Å². The van der Waals surface area contributed by atoms with E-state index in [1.54, 1.807) is 24.3 Å². The first kappa shape index (κ1) is 12.1. The fraction of sp³-hybridized carbons (Fsp3) is 0.0909. The molecular weight excluding hydrogens is 226 g/mol. The van der Waals surface area contributed by atoms with E-state index in [4.69, 9.17) is 16.9 Å². The number of rotatable bonds is 3. The second-order valence-corrected chi connectivity index (χ2v) is 3.55. The minimum absolute atomic E-state index is 0.200. The van der Waals surface area contributed by atoms with E-state index in [0.717, 1.165) is 0 Å². The standard InChI is InChI=1S/C11H10ClN3O/c1-8(12)7-14-11(16)15-10-4-2-3-9(5-10)6-13/h2-5H,1,7H2,(H2,14,15,16). The van der Waals surface area contributed by atoms with Gasteiger partial charge in [-0.2, -0.15) is 5.26 Å². The van der Waals surface area contributed by atoms with Gasteiger partial charge in [-0.15, -0.1) is 0 Å². The van der Waals surface area contributed by atoms with E-state index >= 15 is 0 Å². The molecule has 2 amide bonds. The molecule has 4 nitrogen and oxygen atoms in total. The lowest BCUT2D eigenvalue weighted by atomic mass is 10.2. The molecule has 1 aromatic rings. The van der Waals surface area contributed by atoms with Gasteiger partial charge in [0, 0.05) is 10.7 Å². The third-order valence-electron chi connectivity index (χ3n) is 1.69. The fourth-order valence-corrected chi connectivity index (χ4v) is 1.08. The summed E-state index contributed by atoms with van der Waals surface area (Å²) in [6, 6.07) is 8.21. The maximum absolute atomic E-state index is 11.3. The zero-order chi connectivity index (χ0) is 12.0. The van der Waals surface area contributed by atoms with E-state index in [2.05, 4.69) is 17.2 Å². The van der Waals surface area contributed by atoms with Gasteiger partial charge in [-0.05, 0) is 18.2 Å². The number of nitrogens with zero attached hydrogens (tertiary/aromatic N) is 1. The molecule has 0 saturated heterocycles. The van der Waals surface area contributed by atoms with Crippen LogP contribution in [0.1, 0.15) is 5.56 Å². The highest BCUT2D eigenvalue weighted by Gasteiger charge is 2.01. The minimum atomic E-state index is -0.392. The summed E-state index contributed by atoms with van der Waals surface area (Å²) in [6.07, 6.45) is 0. The van der Waals surface area contributed by atoms with Gasteiger partial charge in [-0.25, -0.2) is 4.79 Å². The van der Waals surface area contributed by atoms with Gasteiger partial charge < -0.3 is 10.6 Å². The van der Waals surface area contributed by atoms with Crippen molar-refractivity contribution in [3.05, 3.63) is 41.4 Å². The van der Waals surface area contributed by atoms with E-state index in [9.17, 15) is 4.79 Å². The number of hydrogen-bond acceptors (Lipinski definition) is 2. The predicted octanol–water partition coefficient (Wildman–Crippen LogP) is 2.43. The number of urea groups is 1.